The number of nitrogens with zero attached hydrogens (tertiary/aromatic N) is 2. The first-order chi connectivity index (χ1) is 11.5. The van der Waals surface area contributed by atoms with Crippen molar-refractivity contribution in [2.24, 2.45) is 4.99 Å². The Kier molecular flexibility index (Phi) is 7.82. The SMILES string of the molecule is CN=C(NCCNC(C)(C)C)NC1CCCN(C2CCCCC2)C1. The van der Waals surface area contributed by atoms with E-state index in [9.17, 15) is 0 Å². The number of piperidine rings is 1. The molecule has 5 nitrogen and oxygen atoms in total. The molecular formula is C19H39N5. The van der Waals surface area contributed by atoms with Crippen molar-refractivity contribution in [3.8, 4) is 0 Å². The summed E-state index contributed by atoms with van der Waals surface area (Å²) in [5, 5.41) is 10.6. The van der Waals surface area contributed by atoms with Gasteiger partial charge in [0, 0.05) is 44.3 Å². The van der Waals surface area contributed by atoms with Gasteiger partial charge in [-0.1, -0.05) is 19.3 Å². The predicted molar refractivity (Wildman–Crippen MR) is 104 cm³/mol. The smallest absolute Gasteiger partial charge is 0.191 e. The second kappa shape index (κ2) is 9.62. The van der Waals surface area contributed by atoms with Crippen LogP contribution in [0.2, 0.25) is 0 Å². The van der Waals surface area contributed by atoms with Crippen molar-refractivity contribution in [3.05, 3.63) is 0 Å². The summed E-state index contributed by atoms with van der Waals surface area (Å²) in [5.41, 5.74) is 0.169. The van der Waals surface area contributed by atoms with Gasteiger partial charge in [-0.05, 0) is 53.0 Å². The van der Waals surface area contributed by atoms with E-state index in [1.807, 2.05) is 7.05 Å². The summed E-state index contributed by atoms with van der Waals surface area (Å²) < 4.78 is 0. The van der Waals surface area contributed by atoms with Gasteiger partial charge in [0.2, 0.25) is 0 Å². The molecule has 24 heavy (non-hydrogen) atoms. The number of hydrogen-bond acceptors (Lipinski definition) is 3. The minimum Gasteiger partial charge on any atom is -0.355 e. The molecule has 0 spiro atoms. The van der Waals surface area contributed by atoms with E-state index in [0.717, 1.165) is 25.1 Å². The molecule has 2 rings (SSSR count). The summed E-state index contributed by atoms with van der Waals surface area (Å²) in [7, 11) is 1.87. The van der Waals surface area contributed by atoms with Gasteiger partial charge in [0.15, 0.2) is 5.96 Å². The van der Waals surface area contributed by atoms with Gasteiger partial charge in [0.25, 0.3) is 0 Å². The van der Waals surface area contributed by atoms with Crippen LogP contribution < -0.4 is 16.0 Å². The molecule has 5 heteroatoms. The molecule has 1 atom stereocenters. The number of likely N-dealkylation sites (tertiary alicyclic amines) is 1. The van der Waals surface area contributed by atoms with E-state index >= 15 is 0 Å². The number of hydrogen-bond donors (Lipinski definition) is 3. The lowest BCUT2D eigenvalue weighted by Crippen LogP contribution is -2.54. The number of rotatable bonds is 5. The molecule has 0 aromatic rings. The van der Waals surface area contributed by atoms with Crippen molar-refractivity contribution in [2.45, 2.75) is 83.3 Å². The zero-order valence-corrected chi connectivity index (χ0v) is 16.3. The van der Waals surface area contributed by atoms with E-state index in [4.69, 9.17) is 0 Å². The first kappa shape index (κ1) is 19.5. The van der Waals surface area contributed by atoms with Crippen LogP contribution in [0.4, 0.5) is 0 Å². The second-order valence-electron chi connectivity index (χ2n) is 8.45. The van der Waals surface area contributed by atoms with Crippen LogP contribution in [0.25, 0.3) is 0 Å². The maximum Gasteiger partial charge on any atom is 0.191 e. The lowest BCUT2D eigenvalue weighted by atomic mass is 9.92. The fourth-order valence-electron chi connectivity index (χ4n) is 3.91. The van der Waals surface area contributed by atoms with Crippen molar-refractivity contribution in [1.29, 1.82) is 0 Å². The Labute approximate surface area is 149 Å². The molecule has 1 heterocycles. The fraction of sp³-hybridized carbons (Fsp3) is 0.947. The van der Waals surface area contributed by atoms with Gasteiger partial charge in [-0.2, -0.15) is 0 Å². The third kappa shape index (κ3) is 6.98. The molecule has 1 aliphatic heterocycles. The molecule has 140 valence electrons. The fourth-order valence-corrected chi connectivity index (χ4v) is 3.91. The Hall–Kier alpha value is -0.810. The second-order valence-corrected chi connectivity index (χ2v) is 8.45. The maximum atomic E-state index is 4.40. The molecule has 0 aromatic heterocycles. The molecule has 0 aromatic carbocycles. The largest absolute Gasteiger partial charge is 0.355 e. The minimum absolute atomic E-state index is 0.169. The molecule has 3 N–H and O–H groups in total. The minimum atomic E-state index is 0.169. The summed E-state index contributed by atoms with van der Waals surface area (Å²) >= 11 is 0. The molecule has 1 aliphatic carbocycles. The Morgan fingerprint density at radius 3 is 2.46 bits per heavy atom. The quantitative estimate of drug-likeness (QED) is 0.409. The molecule has 0 bridgehead atoms. The summed E-state index contributed by atoms with van der Waals surface area (Å²) in [6, 6.07) is 1.36. The van der Waals surface area contributed by atoms with E-state index < -0.39 is 0 Å². The van der Waals surface area contributed by atoms with Crippen molar-refractivity contribution < 1.29 is 0 Å². The van der Waals surface area contributed by atoms with Crippen LogP contribution in [0.15, 0.2) is 4.99 Å². The number of nitrogens with one attached hydrogen (secondary N) is 3. The zero-order chi connectivity index (χ0) is 17.4. The summed E-state index contributed by atoms with van der Waals surface area (Å²) in [6.07, 6.45) is 9.63. The van der Waals surface area contributed by atoms with E-state index in [1.54, 1.807) is 0 Å². The lowest BCUT2D eigenvalue weighted by Gasteiger charge is -2.40. The third-order valence-corrected chi connectivity index (χ3v) is 5.18. The van der Waals surface area contributed by atoms with Crippen LogP contribution in [0, 0.1) is 0 Å². The molecule has 0 radical (unpaired) electrons. The Bertz CT molecular complexity index is 382. The molecule has 2 aliphatic rings. The summed E-state index contributed by atoms with van der Waals surface area (Å²) in [4.78, 5) is 7.13. The Balaban J connectivity index is 1.71. The first-order valence-electron chi connectivity index (χ1n) is 9.94. The van der Waals surface area contributed by atoms with Crippen LogP contribution in [-0.2, 0) is 0 Å². The van der Waals surface area contributed by atoms with Gasteiger partial charge in [0.1, 0.15) is 0 Å². The van der Waals surface area contributed by atoms with Crippen LogP contribution in [-0.4, -0.2) is 61.7 Å². The maximum absolute atomic E-state index is 4.40. The van der Waals surface area contributed by atoms with Gasteiger partial charge in [-0.15, -0.1) is 0 Å². The molecular weight excluding hydrogens is 298 g/mol. The highest BCUT2D eigenvalue weighted by Gasteiger charge is 2.27. The van der Waals surface area contributed by atoms with Crippen LogP contribution in [0.5, 0.6) is 0 Å². The van der Waals surface area contributed by atoms with E-state index in [0.29, 0.717) is 6.04 Å². The van der Waals surface area contributed by atoms with Crippen molar-refractivity contribution in [3.63, 3.8) is 0 Å². The molecule has 1 unspecified atom stereocenters. The van der Waals surface area contributed by atoms with Gasteiger partial charge in [-0.3, -0.25) is 9.89 Å². The van der Waals surface area contributed by atoms with E-state index in [2.05, 4.69) is 46.6 Å². The average Bonchev–Trinajstić information content (AvgIpc) is 2.58. The average molecular weight is 338 g/mol. The first-order valence-corrected chi connectivity index (χ1v) is 9.94. The summed E-state index contributed by atoms with van der Waals surface area (Å²) in [5.74, 6) is 0.946. The van der Waals surface area contributed by atoms with Gasteiger partial charge < -0.3 is 16.0 Å². The highest BCUT2D eigenvalue weighted by atomic mass is 15.2. The summed E-state index contributed by atoms with van der Waals surface area (Å²) in [6.45, 7) is 10.9. The lowest BCUT2D eigenvalue weighted by molar-refractivity contribution is 0.115. The standard InChI is InChI=1S/C19H39N5/c1-19(2,3)22-13-12-21-18(20-4)23-16-9-8-14-24(15-16)17-10-6-5-7-11-17/h16-17,22H,5-15H2,1-4H3,(H2,20,21,23). The van der Waals surface area contributed by atoms with Gasteiger partial charge in [-0.25, -0.2) is 0 Å². The van der Waals surface area contributed by atoms with Crippen LogP contribution in [0.3, 0.4) is 0 Å². The normalized spacial score (nSPS) is 24.8. The molecule has 1 saturated carbocycles. The molecule has 1 saturated heterocycles. The Morgan fingerprint density at radius 2 is 1.79 bits per heavy atom. The predicted octanol–water partition coefficient (Wildman–Crippen LogP) is 2.34. The highest BCUT2D eigenvalue weighted by Crippen LogP contribution is 2.25. The molecule has 2 fully saturated rings. The van der Waals surface area contributed by atoms with Crippen molar-refractivity contribution in [1.82, 2.24) is 20.9 Å². The van der Waals surface area contributed by atoms with Crippen LogP contribution >= 0.6 is 0 Å². The van der Waals surface area contributed by atoms with Gasteiger partial charge in [0.05, 0.1) is 0 Å². The monoisotopic (exact) mass is 337 g/mol. The highest BCUT2D eigenvalue weighted by molar-refractivity contribution is 5.79. The number of guanidine groups is 1. The van der Waals surface area contributed by atoms with Crippen LogP contribution in [0.1, 0.15) is 65.7 Å². The van der Waals surface area contributed by atoms with Gasteiger partial charge >= 0.3 is 0 Å². The van der Waals surface area contributed by atoms with E-state index in [1.165, 1.54) is 58.0 Å². The van der Waals surface area contributed by atoms with Crippen molar-refractivity contribution in [2.75, 3.05) is 33.2 Å². The topological polar surface area (TPSA) is 51.7 Å². The molecule has 0 amide bonds. The number of aliphatic imine (C=N–C) groups is 1. The third-order valence-electron chi connectivity index (χ3n) is 5.18. The zero-order valence-electron chi connectivity index (χ0n) is 16.3. The Morgan fingerprint density at radius 1 is 1.04 bits per heavy atom. The van der Waals surface area contributed by atoms with Crippen molar-refractivity contribution >= 4 is 5.96 Å². The van der Waals surface area contributed by atoms with E-state index in [-0.39, 0.29) is 5.54 Å².